The summed E-state index contributed by atoms with van der Waals surface area (Å²) in [7, 11) is -3.65. The maximum absolute atomic E-state index is 12.8. The van der Waals surface area contributed by atoms with Gasteiger partial charge in [0.05, 0.1) is 10.3 Å². The molecule has 2 atom stereocenters. The molecule has 0 aromatic heterocycles. The molecule has 1 N–H and O–H groups in total. The maximum Gasteiger partial charge on any atom is 0.202 e. The lowest BCUT2D eigenvalue weighted by molar-refractivity contribution is 0.410. The van der Waals surface area contributed by atoms with Crippen molar-refractivity contribution < 1.29 is 18.3 Å². The lowest BCUT2D eigenvalue weighted by Crippen LogP contribution is -2.17. The molecule has 0 unspecified atom stereocenters. The van der Waals surface area contributed by atoms with Crippen molar-refractivity contribution in [3.05, 3.63) is 88.6 Å². The predicted octanol–water partition coefficient (Wildman–Crippen LogP) is 7.77. The van der Waals surface area contributed by atoms with E-state index >= 15 is 0 Å². The third-order valence-electron chi connectivity index (χ3n) is 6.74. The number of hydrogen-bond acceptors (Lipinski definition) is 4. The molecule has 35 heavy (non-hydrogen) atoms. The number of phenols is 1. The highest BCUT2D eigenvalue weighted by Crippen LogP contribution is 2.47. The molecule has 0 heterocycles. The van der Waals surface area contributed by atoms with E-state index < -0.39 is 9.84 Å². The summed E-state index contributed by atoms with van der Waals surface area (Å²) in [6, 6.07) is 10.5. The van der Waals surface area contributed by atoms with Gasteiger partial charge in [0.25, 0.3) is 0 Å². The van der Waals surface area contributed by atoms with Crippen LogP contribution in [-0.2, 0) is 16.3 Å². The van der Waals surface area contributed by atoms with Gasteiger partial charge in [-0.25, -0.2) is 8.42 Å². The van der Waals surface area contributed by atoms with Gasteiger partial charge < -0.3 is 9.84 Å². The Hall–Kier alpha value is -2.79. The van der Waals surface area contributed by atoms with E-state index in [-0.39, 0.29) is 22.5 Å². The van der Waals surface area contributed by atoms with Gasteiger partial charge in [-0.05, 0) is 82.2 Å². The van der Waals surface area contributed by atoms with Crippen LogP contribution in [0.4, 0.5) is 0 Å². The molecule has 5 heteroatoms. The molecule has 2 aromatic carbocycles. The molecule has 0 amide bonds. The van der Waals surface area contributed by atoms with Gasteiger partial charge in [0, 0.05) is 11.5 Å². The Morgan fingerprint density at radius 1 is 1.17 bits per heavy atom. The predicted molar refractivity (Wildman–Crippen MR) is 144 cm³/mol. The fraction of sp³-hybridized carbons (Fsp3) is 0.400. The summed E-state index contributed by atoms with van der Waals surface area (Å²) >= 11 is 0. The Morgan fingerprint density at radius 3 is 2.54 bits per heavy atom. The molecule has 0 radical (unpaired) electrons. The molecule has 3 rings (SSSR count). The van der Waals surface area contributed by atoms with Crippen LogP contribution in [0.25, 0.3) is 0 Å². The standard InChI is InChI=1S/C30H38O4S/c1-6-7-8-9-24-19-28(31)30(27-18-23(5)12-15-26(27)21(2)3)29(20-24)34-16-17-35(32,33)25-13-10-22(4)11-14-25/h10-11,13-14,16-20,26-27,31H,2,6-9,12,15H2,1,3-5H3/t26-,27+/m0/s1. The number of ether oxygens (including phenoxy) is 1. The number of phenolic OH excluding ortho intramolecular Hbond substituents is 1. The SMILES string of the molecule is C=C(C)[C@@H]1CCC(C)=C[C@H]1c1c(O)cc(CCCCC)cc1OC=CS(=O)(=O)c1ccc(C)cc1. The molecule has 1 aliphatic carbocycles. The molecular formula is C30H38O4S. The first-order valence-electron chi connectivity index (χ1n) is 12.5. The van der Waals surface area contributed by atoms with E-state index in [1.54, 1.807) is 24.3 Å². The quantitative estimate of drug-likeness (QED) is 0.208. The summed E-state index contributed by atoms with van der Waals surface area (Å²) in [4.78, 5) is 0.215. The third kappa shape index (κ3) is 6.88. The zero-order chi connectivity index (χ0) is 25.6. The second-order valence-corrected chi connectivity index (χ2v) is 11.6. The van der Waals surface area contributed by atoms with E-state index in [9.17, 15) is 13.5 Å². The van der Waals surface area contributed by atoms with Gasteiger partial charge in [-0.15, -0.1) is 0 Å². The Kier molecular flexibility index (Phi) is 9.01. The zero-order valence-electron chi connectivity index (χ0n) is 21.4. The number of unbranched alkanes of at least 4 members (excludes halogenated alkanes) is 2. The molecule has 1 aliphatic rings. The lowest BCUT2D eigenvalue weighted by atomic mass is 9.73. The Balaban J connectivity index is 1.99. The zero-order valence-corrected chi connectivity index (χ0v) is 22.2. The van der Waals surface area contributed by atoms with E-state index in [1.807, 2.05) is 26.0 Å². The highest BCUT2D eigenvalue weighted by Gasteiger charge is 2.30. The number of rotatable bonds is 10. The first kappa shape index (κ1) is 26.8. The van der Waals surface area contributed by atoms with Gasteiger partial charge >= 0.3 is 0 Å². The van der Waals surface area contributed by atoms with Crippen molar-refractivity contribution in [2.45, 2.75) is 77.0 Å². The highest BCUT2D eigenvalue weighted by molar-refractivity contribution is 7.94. The van der Waals surface area contributed by atoms with E-state index in [0.717, 1.165) is 60.6 Å². The van der Waals surface area contributed by atoms with Crippen LogP contribution in [0.3, 0.4) is 0 Å². The summed E-state index contributed by atoms with van der Waals surface area (Å²) in [6.45, 7) is 12.4. The van der Waals surface area contributed by atoms with Gasteiger partial charge in [-0.1, -0.05) is 61.3 Å². The van der Waals surface area contributed by atoms with Crippen molar-refractivity contribution in [2.75, 3.05) is 0 Å². The van der Waals surface area contributed by atoms with E-state index in [1.165, 1.54) is 11.8 Å². The van der Waals surface area contributed by atoms with E-state index in [0.29, 0.717) is 11.3 Å². The topological polar surface area (TPSA) is 63.6 Å². The summed E-state index contributed by atoms with van der Waals surface area (Å²) in [5.41, 5.74) is 4.99. The Morgan fingerprint density at radius 2 is 1.89 bits per heavy atom. The smallest absolute Gasteiger partial charge is 0.202 e. The first-order chi connectivity index (χ1) is 16.6. The number of benzene rings is 2. The average molecular weight is 495 g/mol. The van der Waals surface area contributed by atoms with Crippen LogP contribution in [0.2, 0.25) is 0 Å². The number of aryl methyl sites for hydroxylation is 2. The van der Waals surface area contributed by atoms with Crippen LogP contribution >= 0.6 is 0 Å². The molecular weight excluding hydrogens is 456 g/mol. The summed E-state index contributed by atoms with van der Waals surface area (Å²) < 4.78 is 31.5. The minimum Gasteiger partial charge on any atom is -0.507 e. The van der Waals surface area contributed by atoms with E-state index in [4.69, 9.17) is 4.74 Å². The summed E-state index contributed by atoms with van der Waals surface area (Å²) in [6.07, 6.45) is 9.42. The molecule has 0 fully saturated rings. The maximum atomic E-state index is 12.8. The molecule has 0 aliphatic heterocycles. The van der Waals surface area contributed by atoms with Crippen molar-refractivity contribution in [3.63, 3.8) is 0 Å². The molecule has 0 spiro atoms. The molecule has 2 aromatic rings. The Labute approximate surface area is 211 Å². The van der Waals surface area contributed by atoms with Gasteiger partial charge in [-0.3, -0.25) is 0 Å². The van der Waals surface area contributed by atoms with Gasteiger partial charge in [0.1, 0.15) is 17.8 Å². The average Bonchev–Trinajstić information content (AvgIpc) is 2.79. The van der Waals surface area contributed by atoms with Crippen LogP contribution in [0.5, 0.6) is 11.5 Å². The fourth-order valence-electron chi connectivity index (χ4n) is 4.71. The van der Waals surface area contributed by atoms with Gasteiger partial charge in [0.15, 0.2) is 0 Å². The van der Waals surface area contributed by atoms with Crippen LogP contribution < -0.4 is 4.74 Å². The monoisotopic (exact) mass is 494 g/mol. The minimum absolute atomic E-state index is 0.0805. The van der Waals surface area contributed by atoms with Crippen molar-refractivity contribution in [2.24, 2.45) is 5.92 Å². The second-order valence-electron chi connectivity index (χ2n) is 9.76. The van der Waals surface area contributed by atoms with Crippen LogP contribution in [0.1, 0.15) is 75.5 Å². The van der Waals surface area contributed by atoms with Crippen LogP contribution in [-0.4, -0.2) is 13.5 Å². The number of allylic oxidation sites excluding steroid dienone is 3. The highest BCUT2D eigenvalue weighted by atomic mass is 32.2. The lowest BCUT2D eigenvalue weighted by Gasteiger charge is -2.32. The number of hydrogen-bond donors (Lipinski definition) is 1. The Bertz CT molecular complexity index is 1200. The summed E-state index contributed by atoms with van der Waals surface area (Å²) in [5.74, 6) is 0.779. The van der Waals surface area contributed by atoms with Crippen LogP contribution in [0, 0.1) is 12.8 Å². The molecule has 188 valence electrons. The number of aromatic hydroxyl groups is 1. The van der Waals surface area contributed by atoms with Gasteiger partial charge in [-0.2, -0.15) is 0 Å². The van der Waals surface area contributed by atoms with Crippen molar-refractivity contribution in [1.29, 1.82) is 0 Å². The fourth-order valence-corrected chi connectivity index (χ4v) is 5.58. The van der Waals surface area contributed by atoms with Crippen molar-refractivity contribution in [1.82, 2.24) is 0 Å². The summed E-state index contributed by atoms with van der Waals surface area (Å²) in [5, 5.41) is 12.2. The number of sulfone groups is 1. The van der Waals surface area contributed by atoms with Crippen LogP contribution in [0.15, 0.2) is 76.8 Å². The third-order valence-corrected chi connectivity index (χ3v) is 8.14. The normalized spacial score (nSPS) is 18.5. The largest absolute Gasteiger partial charge is 0.507 e. The van der Waals surface area contributed by atoms with Gasteiger partial charge in [0.2, 0.25) is 9.84 Å². The molecule has 0 bridgehead atoms. The minimum atomic E-state index is -3.65. The van der Waals surface area contributed by atoms with Crippen molar-refractivity contribution in [3.8, 4) is 11.5 Å². The molecule has 0 saturated heterocycles. The first-order valence-corrected chi connectivity index (χ1v) is 14.0. The second kappa shape index (κ2) is 11.8. The molecule has 0 saturated carbocycles. The molecule has 4 nitrogen and oxygen atoms in total. The van der Waals surface area contributed by atoms with E-state index in [2.05, 4.69) is 26.5 Å². The van der Waals surface area contributed by atoms with Crippen molar-refractivity contribution >= 4 is 9.84 Å².